The predicted molar refractivity (Wildman–Crippen MR) is 108 cm³/mol. The fraction of sp³-hybridized carbons (Fsp3) is 0.409. The van der Waals surface area contributed by atoms with Gasteiger partial charge in [0.1, 0.15) is 5.75 Å². The number of carbonyl (C=O) groups excluding carboxylic acids is 1. The van der Waals surface area contributed by atoms with Gasteiger partial charge < -0.3 is 14.7 Å². The van der Waals surface area contributed by atoms with Crippen LogP contribution < -0.4 is 4.90 Å². The first-order valence-electron chi connectivity index (χ1n) is 9.69. The summed E-state index contributed by atoms with van der Waals surface area (Å²) in [6.07, 6.45) is 2.99. The summed E-state index contributed by atoms with van der Waals surface area (Å²) < 4.78 is 18.9. The molecular weight excluding hydrogens is 374 g/mol. The van der Waals surface area contributed by atoms with Crippen LogP contribution >= 0.6 is 0 Å². The zero-order chi connectivity index (χ0) is 19.8. The maximum absolute atomic E-state index is 13.4. The van der Waals surface area contributed by atoms with Crippen LogP contribution in [-0.2, 0) is 26.8 Å². The van der Waals surface area contributed by atoms with Crippen LogP contribution in [0.2, 0.25) is 0 Å². The molecule has 2 heterocycles. The molecule has 0 radical (unpaired) electrons. The summed E-state index contributed by atoms with van der Waals surface area (Å²) in [6, 6.07) is 9.18. The first-order chi connectivity index (χ1) is 13.5. The number of phenolic OH excluding ortho intramolecular Hbond substituents is 1. The summed E-state index contributed by atoms with van der Waals surface area (Å²) in [5, 5.41) is 10.5. The maximum Gasteiger partial charge on any atom is 0.227 e. The van der Waals surface area contributed by atoms with Crippen LogP contribution in [0.5, 0.6) is 5.75 Å². The first kappa shape index (κ1) is 19.2. The summed E-state index contributed by atoms with van der Waals surface area (Å²) in [5.41, 5.74) is 3.93. The predicted octanol–water partition coefficient (Wildman–Crippen LogP) is 3.67. The van der Waals surface area contributed by atoms with Gasteiger partial charge >= 0.3 is 0 Å². The Morgan fingerprint density at radius 1 is 1.14 bits per heavy atom. The number of anilines is 1. The minimum absolute atomic E-state index is 0.0664. The Balaban J connectivity index is 1.71. The van der Waals surface area contributed by atoms with E-state index in [9.17, 15) is 14.1 Å². The molecule has 2 aromatic carbocycles. The number of phenols is 1. The zero-order valence-corrected chi connectivity index (χ0v) is 17.1. The van der Waals surface area contributed by atoms with Crippen molar-refractivity contribution in [2.45, 2.75) is 48.3 Å². The molecule has 2 aromatic rings. The third kappa shape index (κ3) is 3.35. The van der Waals surface area contributed by atoms with E-state index in [2.05, 4.69) is 0 Å². The highest BCUT2D eigenvalue weighted by Crippen LogP contribution is 2.38. The second-order valence-electron chi connectivity index (χ2n) is 7.53. The van der Waals surface area contributed by atoms with E-state index in [1.807, 2.05) is 25.1 Å². The molecule has 5 nitrogen and oxygen atoms in total. The molecule has 28 heavy (non-hydrogen) atoms. The molecule has 1 N–H and O–H groups in total. The fourth-order valence-electron chi connectivity index (χ4n) is 4.24. The molecule has 0 saturated carbocycles. The van der Waals surface area contributed by atoms with Crippen molar-refractivity contribution in [1.29, 1.82) is 0 Å². The second-order valence-corrected chi connectivity index (χ2v) is 8.94. The molecular formula is C22H25NO4S. The van der Waals surface area contributed by atoms with Crippen LogP contribution in [0.4, 0.5) is 5.69 Å². The number of benzene rings is 2. The minimum Gasteiger partial charge on any atom is -0.507 e. The molecule has 2 aliphatic heterocycles. The van der Waals surface area contributed by atoms with Gasteiger partial charge in [-0.1, -0.05) is 6.07 Å². The van der Waals surface area contributed by atoms with E-state index in [4.69, 9.17) is 4.74 Å². The lowest BCUT2D eigenvalue weighted by molar-refractivity contribution is -0.118. The van der Waals surface area contributed by atoms with Gasteiger partial charge in [0, 0.05) is 37.3 Å². The van der Waals surface area contributed by atoms with E-state index in [-0.39, 0.29) is 11.7 Å². The molecule has 1 saturated heterocycles. The van der Waals surface area contributed by atoms with Crippen molar-refractivity contribution in [2.75, 3.05) is 25.2 Å². The van der Waals surface area contributed by atoms with E-state index in [1.54, 1.807) is 24.1 Å². The van der Waals surface area contributed by atoms with Crippen LogP contribution in [0.3, 0.4) is 0 Å². The Bertz CT molecular complexity index is 950. The van der Waals surface area contributed by atoms with E-state index in [0.717, 1.165) is 48.4 Å². The van der Waals surface area contributed by atoms with Crippen molar-refractivity contribution in [3.63, 3.8) is 0 Å². The Hall–Kier alpha value is -2.18. The van der Waals surface area contributed by atoms with Crippen LogP contribution in [0.15, 0.2) is 40.1 Å². The molecule has 2 aliphatic rings. The minimum atomic E-state index is -1.49. The van der Waals surface area contributed by atoms with Gasteiger partial charge in [-0.05, 0) is 73.1 Å². The Morgan fingerprint density at radius 2 is 1.89 bits per heavy atom. The number of ether oxygens (including phenoxy) is 1. The second kappa shape index (κ2) is 7.68. The van der Waals surface area contributed by atoms with Gasteiger partial charge in [-0.15, -0.1) is 0 Å². The number of amides is 1. The van der Waals surface area contributed by atoms with Gasteiger partial charge in [0.15, 0.2) is 0 Å². The van der Waals surface area contributed by atoms with Crippen LogP contribution in [0.1, 0.15) is 41.9 Å². The van der Waals surface area contributed by atoms with Crippen LogP contribution in [0.25, 0.3) is 0 Å². The maximum atomic E-state index is 13.4. The molecule has 148 valence electrons. The number of rotatable bonds is 3. The average molecular weight is 400 g/mol. The van der Waals surface area contributed by atoms with Crippen molar-refractivity contribution in [2.24, 2.45) is 0 Å². The summed E-state index contributed by atoms with van der Waals surface area (Å²) in [7, 11) is 0.281. The average Bonchev–Trinajstić information content (AvgIpc) is 2.71. The smallest absolute Gasteiger partial charge is 0.227 e. The first-order valence-corrected chi connectivity index (χ1v) is 10.8. The standard InChI is InChI=1S/C22H25NO4S/c1-14-18(15-9-11-27-12-10-15)5-7-20(24)22(14)28(26)17-4-6-19-16(13-17)3-8-21(25)23(19)2/h4-7,13,15,24H,3,8-12H2,1-2H3. The SMILES string of the molecule is Cc1c(C2CCOCC2)ccc(O)c1S(=O)c1ccc2c(c1)CCC(=O)N2C. The molecule has 0 aromatic heterocycles. The number of hydrogen-bond acceptors (Lipinski definition) is 4. The van der Waals surface area contributed by atoms with Crippen molar-refractivity contribution < 1.29 is 18.8 Å². The lowest BCUT2D eigenvalue weighted by atomic mass is 9.88. The van der Waals surface area contributed by atoms with Crippen molar-refractivity contribution in [1.82, 2.24) is 0 Å². The molecule has 0 spiro atoms. The lowest BCUT2D eigenvalue weighted by Gasteiger charge is -2.26. The monoisotopic (exact) mass is 399 g/mol. The highest BCUT2D eigenvalue weighted by Gasteiger charge is 2.25. The van der Waals surface area contributed by atoms with E-state index >= 15 is 0 Å². The Morgan fingerprint density at radius 3 is 2.64 bits per heavy atom. The quantitative estimate of drug-likeness (QED) is 0.855. The van der Waals surface area contributed by atoms with Crippen LogP contribution in [-0.4, -0.2) is 35.5 Å². The molecule has 0 bridgehead atoms. The molecule has 1 amide bonds. The number of aryl methyl sites for hydroxylation is 1. The fourth-order valence-corrected chi connectivity index (χ4v) is 5.57. The Labute approximate surface area is 167 Å². The molecule has 1 unspecified atom stereocenters. The highest BCUT2D eigenvalue weighted by molar-refractivity contribution is 7.85. The number of hydrogen-bond donors (Lipinski definition) is 1. The van der Waals surface area contributed by atoms with Crippen molar-refractivity contribution in [3.05, 3.63) is 47.0 Å². The lowest BCUT2D eigenvalue weighted by Crippen LogP contribution is -2.31. The van der Waals surface area contributed by atoms with Crippen molar-refractivity contribution >= 4 is 22.4 Å². The topological polar surface area (TPSA) is 66.8 Å². The molecule has 1 atom stereocenters. The molecule has 1 fully saturated rings. The largest absolute Gasteiger partial charge is 0.507 e. The summed E-state index contributed by atoms with van der Waals surface area (Å²) in [6.45, 7) is 3.42. The van der Waals surface area contributed by atoms with Crippen molar-refractivity contribution in [3.8, 4) is 5.75 Å². The van der Waals surface area contributed by atoms with Gasteiger partial charge in [-0.2, -0.15) is 0 Å². The normalized spacial score (nSPS) is 18.8. The number of aromatic hydroxyl groups is 1. The van der Waals surface area contributed by atoms with Gasteiger partial charge in [0.05, 0.1) is 15.7 Å². The highest BCUT2D eigenvalue weighted by atomic mass is 32.2. The molecule has 0 aliphatic carbocycles. The van der Waals surface area contributed by atoms with Gasteiger partial charge in [0.25, 0.3) is 0 Å². The summed E-state index contributed by atoms with van der Waals surface area (Å²) >= 11 is 0. The van der Waals surface area contributed by atoms with E-state index < -0.39 is 10.8 Å². The van der Waals surface area contributed by atoms with Gasteiger partial charge in [-0.3, -0.25) is 4.79 Å². The zero-order valence-electron chi connectivity index (χ0n) is 16.2. The number of fused-ring (bicyclic) bond motifs is 1. The summed E-state index contributed by atoms with van der Waals surface area (Å²) in [5.74, 6) is 0.531. The van der Waals surface area contributed by atoms with Gasteiger partial charge in [0.2, 0.25) is 5.91 Å². The van der Waals surface area contributed by atoms with E-state index in [0.29, 0.717) is 28.6 Å². The van der Waals surface area contributed by atoms with Crippen LogP contribution in [0, 0.1) is 6.92 Å². The molecule has 6 heteroatoms. The third-order valence-corrected chi connectivity index (χ3v) is 7.45. The van der Waals surface area contributed by atoms with Gasteiger partial charge in [-0.25, -0.2) is 4.21 Å². The van der Waals surface area contributed by atoms with E-state index in [1.165, 1.54) is 0 Å². The third-order valence-electron chi connectivity index (χ3n) is 5.88. The summed E-state index contributed by atoms with van der Waals surface area (Å²) in [4.78, 5) is 14.7. The number of nitrogens with zero attached hydrogens (tertiary/aromatic N) is 1. The Kier molecular flexibility index (Phi) is 5.25. The molecule has 4 rings (SSSR count). The number of carbonyl (C=O) groups is 1.